The van der Waals surface area contributed by atoms with Crippen molar-refractivity contribution in [1.29, 1.82) is 5.26 Å². The number of carbonyl (C=O) groups is 1. The Morgan fingerprint density at radius 1 is 1.61 bits per heavy atom. The molecule has 1 amide bonds. The lowest BCUT2D eigenvalue weighted by Gasteiger charge is -2.36. The summed E-state index contributed by atoms with van der Waals surface area (Å²) in [6, 6.07) is 2.11. The first-order valence-electron chi connectivity index (χ1n) is 6.91. The largest absolute Gasteiger partial charge is 0.352 e. The lowest BCUT2D eigenvalue weighted by molar-refractivity contribution is -0.133. The maximum Gasteiger partial charge on any atom is 0.226 e. The molecule has 0 aliphatic carbocycles. The smallest absolute Gasteiger partial charge is 0.226 e. The van der Waals surface area contributed by atoms with Crippen LogP contribution in [-0.2, 0) is 4.79 Å². The number of carbonyl (C=O) groups excluding carboxylic acids is 1. The highest BCUT2D eigenvalue weighted by molar-refractivity contribution is 5.82. The van der Waals surface area contributed by atoms with Crippen LogP contribution in [0.2, 0.25) is 0 Å². The van der Waals surface area contributed by atoms with E-state index in [-0.39, 0.29) is 17.4 Å². The Kier molecular flexibility index (Phi) is 5.61. The summed E-state index contributed by atoms with van der Waals surface area (Å²) in [6.45, 7) is 7.99. The summed E-state index contributed by atoms with van der Waals surface area (Å²) in [5.74, 6) is 0.462. The van der Waals surface area contributed by atoms with Gasteiger partial charge in [-0.05, 0) is 38.3 Å². The molecule has 0 aromatic rings. The van der Waals surface area contributed by atoms with E-state index in [1.807, 2.05) is 20.8 Å². The van der Waals surface area contributed by atoms with Crippen molar-refractivity contribution in [2.24, 2.45) is 11.3 Å². The van der Waals surface area contributed by atoms with Gasteiger partial charge in [-0.2, -0.15) is 5.26 Å². The fraction of sp³-hybridized carbons (Fsp3) is 0.857. The molecule has 1 aliphatic rings. The zero-order valence-corrected chi connectivity index (χ0v) is 11.8. The van der Waals surface area contributed by atoms with Gasteiger partial charge in [0.15, 0.2) is 0 Å². The molecule has 0 spiro atoms. The molecule has 1 rings (SSSR count). The van der Waals surface area contributed by atoms with Crippen molar-refractivity contribution in [2.75, 3.05) is 13.1 Å². The van der Waals surface area contributed by atoms with E-state index < -0.39 is 0 Å². The highest BCUT2D eigenvalue weighted by Crippen LogP contribution is 2.32. The number of piperidine rings is 1. The van der Waals surface area contributed by atoms with Crippen molar-refractivity contribution in [2.45, 2.75) is 52.5 Å². The second kappa shape index (κ2) is 6.75. The lowest BCUT2D eigenvalue weighted by atomic mass is 9.74. The molecule has 0 radical (unpaired) electrons. The van der Waals surface area contributed by atoms with Gasteiger partial charge in [0, 0.05) is 11.5 Å². The molecule has 4 nitrogen and oxygen atoms in total. The Balaban J connectivity index is 2.60. The van der Waals surface area contributed by atoms with Crippen molar-refractivity contribution >= 4 is 5.91 Å². The van der Waals surface area contributed by atoms with Crippen LogP contribution in [0.15, 0.2) is 0 Å². The monoisotopic (exact) mass is 251 g/mol. The Hall–Kier alpha value is -1.08. The normalized spacial score (nSPS) is 22.0. The van der Waals surface area contributed by atoms with Crippen molar-refractivity contribution in [3.8, 4) is 6.07 Å². The minimum atomic E-state index is -0.365. The number of nitrogens with one attached hydrogen (secondary N) is 2. The topological polar surface area (TPSA) is 64.9 Å². The molecule has 2 atom stereocenters. The van der Waals surface area contributed by atoms with Crippen molar-refractivity contribution in [3.63, 3.8) is 0 Å². The van der Waals surface area contributed by atoms with E-state index in [1.54, 1.807) is 0 Å². The molecule has 102 valence electrons. The molecular weight excluding hydrogens is 226 g/mol. The van der Waals surface area contributed by atoms with E-state index in [4.69, 9.17) is 5.26 Å². The van der Waals surface area contributed by atoms with Crippen molar-refractivity contribution in [1.82, 2.24) is 10.6 Å². The van der Waals surface area contributed by atoms with Crippen LogP contribution >= 0.6 is 0 Å². The minimum absolute atomic E-state index is 0.0154. The number of hydrogen-bond donors (Lipinski definition) is 2. The molecule has 0 saturated carbocycles. The number of hydrogen-bond acceptors (Lipinski definition) is 3. The van der Waals surface area contributed by atoms with Crippen LogP contribution in [0, 0.1) is 22.7 Å². The quantitative estimate of drug-likeness (QED) is 0.783. The third-order valence-corrected chi connectivity index (χ3v) is 4.07. The Bertz CT molecular complexity index is 313. The molecule has 2 N–H and O–H groups in total. The second-order valence-electron chi connectivity index (χ2n) is 5.71. The summed E-state index contributed by atoms with van der Waals surface area (Å²) in [6.07, 6.45) is 3.43. The molecule has 2 unspecified atom stereocenters. The first kappa shape index (κ1) is 15.0. The fourth-order valence-corrected chi connectivity index (χ4v) is 2.43. The molecule has 1 saturated heterocycles. The molecule has 1 heterocycles. The predicted molar refractivity (Wildman–Crippen MR) is 71.8 cm³/mol. The summed E-state index contributed by atoms with van der Waals surface area (Å²) >= 11 is 0. The highest BCUT2D eigenvalue weighted by Gasteiger charge is 2.37. The molecular formula is C14H25N3O. The molecule has 1 fully saturated rings. The Morgan fingerprint density at radius 2 is 2.33 bits per heavy atom. The van der Waals surface area contributed by atoms with Gasteiger partial charge < -0.3 is 10.6 Å². The van der Waals surface area contributed by atoms with Crippen LogP contribution < -0.4 is 10.6 Å². The fourth-order valence-electron chi connectivity index (χ4n) is 2.43. The third-order valence-electron chi connectivity index (χ3n) is 4.07. The van der Waals surface area contributed by atoms with Crippen LogP contribution in [0.3, 0.4) is 0 Å². The van der Waals surface area contributed by atoms with Crippen LogP contribution in [0.5, 0.6) is 0 Å². The van der Waals surface area contributed by atoms with Gasteiger partial charge in [0.05, 0.1) is 12.5 Å². The van der Waals surface area contributed by atoms with Gasteiger partial charge in [-0.3, -0.25) is 4.79 Å². The molecule has 1 aliphatic heterocycles. The van der Waals surface area contributed by atoms with E-state index >= 15 is 0 Å². The lowest BCUT2D eigenvalue weighted by Crippen LogP contribution is -2.49. The minimum Gasteiger partial charge on any atom is -0.352 e. The van der Waals surface area contributed by atoms with Crippen LogP contribution in [-0.4, -0.2) is 25.0 Å². The predicted octanol–water partition coefficient (Wildman–Crippen LogP) is 1.82. The molecule has 0 aromatic carbocycles. The van der Waals surface area contributed by atoms with Crippen molar-refractivity contribution in [3.05, 3.63) is 0 Å². The molecule has 0 bridgehead atoms. The maximum atomic E-state index is 12.4. The van der Waals surface area contributed by atoms with Crippen LogP contribution in [0.1, 0.15) is 46.5 Å². The van der Waals surface area contributed by atoms with Gasteiger partial charge in [-0.1, -0.05) is 20.8 Å². The number of amides is 1. The number of nitrogens with zero attached hydrogens (tertiary/aromatic N) is 1. The summed E-state index contributed by atoms with van der Waals surface area (Å²) < 4.78 is 0. The zero-order valence-electron chi connectivity index (χ0n) is 11.8. The average Bonchev–Trinajstić information content (AvgIpc) is 2.39. The Morgan fingerprint density at radius 3 is 2.83 bits per heavy atom. The van der Waals surface area contributed by atoms with Gasteiger partial charge in [0.2, 0.25) is 5.91 Å². The summed E-state index contributed by atoms with van der Waals surface area (Å²) in [5.41, 5.74) is -0.365. The maximum absolute atomic E-state index is 12.4. The number of nitriles is 1. The van der Waals surface area contributed by atoms with Crippen LogP contribution in [0.25, 0.3) is 0 Å². The third kappa shape index (κ3) is 3.71. The summed E-state index contributed by atoms with van der Waals surface area (Å²) in [4.78, 5) is 12.4. The number of rotatable bonds is 5. The SMILES string of the molecule is CCC(CC#N)NC(=O)C(C)(C)C1CCCNC1. The summed E-state index contributed by atoms with van der Waals surface area (Å²) in [5, 5.41) is 15.1. The standard InChI is InChI=1S/C14H25N3O/c1-4-12(7-8-15)17-13(18)14(2,3)11-6-5-9-16-10-11/h11-12,16H,4-7,9-10H2,1-3H3,(H,17,18). The van der Waals surface area contributed by atoms with E-state index in [1.165, 1.54) is 0 Å². The second-order valence-corrected chi connectivity index (χ2v) is 5.71. The van der Waals surface area contributed by atoms with Gasteiger partial charge in [0.25, 0.3) is 0 Å². The molecule has 18 heavy (non-hydrogen) atoms. The van der Waals surface area contributed by atoms with E-state index in [2.05, 4.69) is 16.7 Å². The van der Waals surface area contributed by atoms with E-state index in [0.717, 1.165) is 32.4 Å². The van der Waals surface area contributed by atoms with E-state index in [9.17, 15) is 4.79 Å². The van der Waals surface area contributed by atoms with Gasteiger partial charge >= 0.3 is 0 Å². The zero-order chi connectivity index (χ0) is 13.6. The van der Waals surface area contributed by atoms with Crippen molar-refractivity contribution < 1.29 is 4.79 Å². The van der Waals surface area contributed by atoms with Crippen LogP contribution in [0.4, 0.5) is 0 Å². The van der Waals surface area contributed by atoms with Gasteiger partial charge in [-0.15, -0.1) is 0 Å². The molecule has 0 aromatic heterocycles. The average molecular weight is 251 g/mol. The highest BCUT2D eigenvalue weighted by atomic mass is 16.2. The first-order chi connectivity index (χ1) is 8.52. The summed E-state index contributed by atoms with van der Waals surface area (Å²) in [7, 11) is 0. The first-order valence-corrected chi connectivity index (χ1v) is 6.91. The Labute approximate surface area is 110 Å². The van der Waals surface area contributed by atoms with E-state index in [0.29, 0.717) is 12.3 Å². The molecule has 4 heteroatoms. The van der Waals surface area contributed by atoms with Gasteiger partial charge in [-0.25, -0.2) is 0 Å². The van der Waals surface area contributed by atoms with Gasteiger partial charge in [0.1, 0.15) is 0 Å².